The second kappa shape index (κ2) is 3.59. The molecular weight excluding hydrogens is 214 g/mol. The molecule has 0 fully saturated rings. The summed E-state index contributed by atoms with van der Waals surface area (Å²) in [6, 6.07) is 9.32. The molecule has 2 aromatic heterocycles. The van der Waals surface area contributed by atoms with Crippen molar-refractivity contribution >= 4 is 16.8 Å². The van der Waals surface area contributed by atoms with Crippen molar-refractivity contribution in [1.29, 1.82) is 0 Å². The number of nitrogens with zero attached hydrogens (tertiary/aromatic N) is 2. The highest BCUT2D eigenvalue weighted by Crippen LogP contribution is 2.27. The van der Waals surface area contributed by atoms with E-state index < -0.39 is 0 Å². The fourth-order valence-corrected chi connectivity index (χ4v) is 1.77. The van der Waals surface area contributed by atoms with Crippen molar-refractivity contribution in [2.24, 2.45) is 0 Å². The third-order valence-corrected chi connectivity index (χ3v) is 2.59. The highest BCUT2D eigenvalue weighted by Gasteiger charge is 2.09. The maximum Gasteiger partial charge on any atom is 0.227 e. The molecule has 3 rings (SSSR count). The van der Waals surface area contributed by atoms with Gasteiger partial charge in [-0.25, -0.2) is 4.98 Å². The molecule has 84 valence electrons. The summed E-state index contributed by atoms with van der Waals surface area (Å²) in [5, 5.41) is 0. The van der Waals surface area contributed by atoms with Gasteiger partial charge >= 0.3 is 0 Å². The molecule has 0 radical (unpaired) electrons. The van der Waals surface area contributed by atoms with Crippen LogP contribution in [0.5, 0.6) is 0 Å². The zero-order valence-electron chi connectivity index (χ0n) is 9.34. The lowest BCUT2D eigenvalue weighted by Gasteiger charge is -1.95. The van der Waals surface area contributed by atoms with Crippen LogP contribution in [0.4, 0.5) is 5.69 Å². The van der Waals surface area contributed by atoms with Crippen molar-refractivity contribution < 1.29 is 4.42 Å². The Morgan fingerprint density at radius 1 is 1.24 bits per heavy atom. The standard InChI is InChI=1S/C13H11N3O/c1-8-7-9(5-6-15-8)13-16-12-10(14)3-2-4-11(12)17-13/h2-7H,14H2,1H3. The van der Waals surface area contributed by atoms with Crippen LogP contribution < -0.4 is 5.73 Å². The van der Waals surface area contributed by atoms with Crippen LogP contribution in [0, 0.1) is 6.92 Å². The molecule has 4 nitrogen and oxygen atoms in total. The van der Waals surface area contributed by atoms with Crippen LogP contribution in [0.15, 0.2) is 40.9 Å². The monoisotopic (exact) mass is 225 g/mol. The van der Waals surface area contributed by atoms with Crippen LogP contribution in [0.2, 0.25) is 0 Å². The second-order valence-electron chi connectivity index (χ2n) is 3.90. The molecule has 0 unspecified atom stereocenters. The van der Waals surface area contributed by atoms with Crippen LogP contribution in [0.1, 0.15) is 5.69 Å². The summed E-state index contributed by atoms with van der Waals surface area (Å²) >= 11 is 0. The van der Waals surface area contributed by atoms with Gasteiger partial charge in [-0.1, -0.05) is 6.07 Å². The molecule has 0 aliphatic carbocycles. The van der Waals surface area contributed by atoms with E-state index in [9.17, 15) is 0 Å². The maximum absolute atomic E-state index is 5.84. The van der Waals surface area contributed by atoms with Gasteiger partial charge in [0.2, 0.25) is 5.89 Å². The molecule has 2 N–H and O–H groups in total. The fourth-order valence-electron chi connectivity index (χ4n) is 1.77. The Bertz CT molecular complexity index is 688. The zero-order valence-corrected chi connectivity index (χ0v) is 9.34. The second-order valence-corrected chi connectivity index (χ2v) is 3.90. The van der Waals surface area contributed by atoms with Crippen LogP contribution in [0.25, 0.3) is 22.6 Å². The summed E-state index contributed by atoms with van der Waals surface area (Å²) in [7, 11) is 0. The Kier molecular flexibility index (Phi) is 2.08. The maximum atomic E-state index is 5.84. The van der Waals surface area contributed by atoms with E-state index in [1.807, 2.05) is 37.3 Å². The number of nitrogen functional groups attached to an aromatic ring is 1. The lowest BCUT2D eigenvalue weighted by atomic mass is 10.2. The molecule has 0 aliphatic heterocycles. The molecule has 0 amide bonds. The lowest BCUT2D eigenvalue weighted by molar-refractivity contribution is 0.619. The van der Waals surface area contributed by atoms with Gasteiger partial charge in [0.15, 0.2) is 5.58 Å². The summed E-state index contributed by atoms with van der Waals surface area (Å²) in [5.74, 6) is 0.573. The van der Waals surface area contributed by atoms with Gasteiger partial charge in [-0.15, -0.1) is 0 Å². The predicted molar refractivity (Wildman–Crippen MR) is 66.4 cm³/mol. The lowest BCUT2D eigenvalue weighted by Crippen LogP contribution is -1.85. The number of aryl methyl sites for hydroxylation is 1. The topological polar surface area (TPSA) is 64.9 Å². The first-order chi connectivity index (χ1) is 8.24. The van der Waals surface area contributed by atoms with Crippen LogP contribution in [-0.4, -0.2) is 9.97 Å². The molecule has 3 aromatic rings. The number of rotatable bonds is 1. The highest BCUT2D eigenvalue weighted by molar-refractivity contribution is 5.87. The van der Waals surface area contributed by atoms with Gasteiger partial charge in [0, 0.05) is 17.5 Å². The smallest absolute Gasteiger partial charge is 0.227 e. The summed E-state index contributed by atoms with van der Waals surface area (Å²) in [4.78, 5) is 8.55. The van der Waals surface area contributed by atoms with Gasteiger partial charge in [0.05, 0.1) is 5.69 Å². The van der Waals surface area contributed by atoms with Crippen LogP contribution in [-0.2, 0) is 0 Å². The number of fused-ring (bicyclic) bond motifs is 1. The molecule has 0 saturated heterocycles. The molecule has 0 aliphatic rings. The van der Waals surface area contributed by atoms with Crippen molar-refractivity contribution in [2.45, 2.75) is 6.92 Å². The molecule has 0 spiro atoms. The molecule has 4 heteroatoms. The number of nitrogens with two attached hydrogens (primary N) is 1. The highest BCUT2D eigenvalue weighted by atomic mass is 16.3. The first-order valence-electron chi connectivity index (χ1n) is 5.32. The number of anilines is 1. The minimum absolute atomic E-state index is 0.573. The van der Waals surface area contributed by atoms with Gasteiger partial charge in [-0.05, 0) is 31.2 Å². The molecule has 2 heterocycles. The van der Waals surface area contributed by atoms with E-state index in [0.717, 1.165) is 11.3 Å². The minimum atomic E-state index is 0.573. The SMILES string of the molecule is Cc1cc(-c2nc3c(N)cccc3o2)ccn1. The van der Waals surface area contributed by atoms with Gasteiger partial charge < -0.3 is 10.2 Å². The third-order valence-electron chi connectivity index (χ3n) is 2.59. The summed E-state index contributed by atoms with van der Waals surface area (Å²) in [5.41, 5.74) is 9.72. The van der Waals surface area contributed by atoms with Gasteiger partial charge in [0.1, 0.15) is 5.52 Å². The third kappa shape index (κ3) is 1.63. The van der Waals surface area contributed by atoms with Crippen molar-refractivity contribution in [3.05, 3.63) is 42.2 Å². The predicted octanol–water partition coefficient (Wildman–Crippen LogP) is 2.78. The van der Waals surface area contributed by atoms with Crippen molar-refractivity contribution in [3.8, 4) is 11.5 Å². The van der Waals surface area contributed by atoms with Gasteiger partial charge in [0.25, 0.3) is 0 Å². The normalized spacial score (nSPS) is 10.9. The van der Waals surface area contributed by atoms with E-state index in [1.165, 1.54) is 0 Å². The number of pyridine rings is 1. The molecule has 0 atom stereocenters. The molecule has 0 saturated carbocycles. The zero-order chi connectivity index (χ0) is 11.8. The van der Waals surface area contributed by atoms with E-state index in [2.05, 4.69) is 9.97 Å². The van der Waals surface area contributed by atoms with E-state index in [1.54, 1.807) is 6.20 Å². The number of hydrogen-bond donors (Lipinski definition) is 1. The number of benzene rings is 1. The Morgan fingerprint density at radius 3 is 2.88 bits per heavy atom. The quantitative estimate of drug-likeness (QED) is 0.647. The van der Waals surface area contributed by atoms with Crippen molar-refractivity contribution in [3.63, 3.8) is 0 Å². The number of aromatic nitrogens is 2. The van der Waals surface area contributed by atoms with E-state index in [0.29, 0.717) is 22.7 Å². The summed E-state index contributed by atoms with van der Waals surface area (Å²) in [6.45, 7) is 1.93. The summed E-state index contributed by atoms with van der Waals surface area (Å²) in [6.07, 6.45) is 1.74. The molecule has 17 heavy (non-hydrogen) atoms. The first kappa shape index (κ1) is 9.84. The Balaban J connectivity index is 2.22. The Labute approximate surface area is 98.1 Å². The van der Waals surface area contributed by atoms with E-state index >= 15 is 0 Å². The molecular formula is C13H11N3O. The minimum Gasteiger partial charge on any atom is -0.436 e. The summed E-state index contributed by atoms with van der Waals surface area (Å²) < 4.78 is 5.67. The van der Waals surface area contributed by atoms with Crippen molar-refractivity contribution in [2.75, 3.05) is 5.73 Å². The Hall–Kier alpha value is -2.36. The van der Waals surface area contributed by atoms with Crippen LogP contribution >= 0.6 is 0 Å². The fraction of sp³-hybridized carbons (Fsp3) is 0.0769. The molecule has 1 aromatic carbocycles. The average Bonchev–Trinajstić information content (AvgIpc) is 2.74. The number of hydrogen-bond acceptors (Lipinski definition) is 4. The molecule has 0 bridgehead atoms. The Morgan fingerprint density at radius 2 is 2.12 bits per heavy atom. The van der Waals surface area contributed by atoms with Crippen molar-refractivity contribution in [1.82, 2.24) is 9.97 Å². The van der Waals surface area contributed by atoms with E-state index in [4.69, 9.17) is 10.2 Å². The number of oxazole rings is 1. The van der Waals surface area contributed by atoms with E-state index in [-0.39, 0.29) is 0 Å². The van der Waals surface area contributed by atoms with Gasteiger partial charge in [-0.3, -0.25) is 4.98 Å². The first-order valence-corrected chi connectivity index (χ1v) is 5.32. The number of para-hydroxylation sites is 1. The largest absolute Gasteiger partial charge is 0.436 e. The van der Waals surface area contributed by atoms with Gasteiger partial charge in [-0.2, -0.15) is 0 Å². The average molecular weight is 225 g/mol. The van der Waals surface area contributed by atoms with Crippen LogP contribution in [0.3, 0.4) is 0 Å².